The number of aliphatic hydroxyl groups excluding tert-OH is 1. The summed E-state index contributed by atoms with van der Waals surface area (Å²) in [5.41, 5.74) is 3.99. The SMILES string of the molecule is Cc1cccnc1CNCc1c(CO)cnc(C)c1O. The fourth-order valence-corrected chi connectivity index (χ4v) is 2.03. The number of nitrogens with one attached hydrogen (secondary N) is 1. The Morgan fingerprint density at radius 3 is 2.70 bits per heavy atom. The molecule has 0 atom stereocenters. The van der Waals surface area contributed by atoms with Crippen LogP contribution in [0.3, 0.4) is 0 Å². The van der Waals surface area contributed by atoms with Crippen molar-refractivity contribution in [3.63, 3.8) is 0 Å². The molecule has 0 amide bonds. The van der Waals surface area contributed by atoms with E-state index in [0.29, 0.717) is 29.9 Å². The number of aryl methyl sites for hydroxylation is 2. The van der Waals surface area contributed by atoms with Gasteiger partial charge < -0.3 is 15.5 Å². The monoisotopic (exact) mass is 273 g/mol. The highest BCUT2D eigenvalue weighted by Crippen LogP contribution is 2.23. The second-order valence-corrected chi connectivity index (χ2v) is 4.72. The molecule has 2 aromatic rings. The number of nitrogens with zero attached hydrogens (tertiary/aromatic N) is 2. The minimum Gasteiger partial charge on any atom is -0.506 e. The quantitative estimate of drug-likeness (QED) is 0.771. The van der Waals surface area contributed by atoms with Gasteiger partial charge in [0.25, 0.3) is 0 Å². The van der Waals surface area contributed by atoms with Crippen molar-refractivity contribution in [2.24, 2.45) is 0 Å². The molecule has 2 aromatic heterocycles. The van der Waals surface area contributed by atoms with E-state index in [2.05, 4.69) is 15.3 Å². The summed E-state index contributed by atoms with van der Waals surface area (Å²) in [4.78, 5) is 8.35. The third-order valence-electron chi connectivity index (χ3n) is 3.31. The van der Waals surface area contributed by atoms with Gasteiger partial charge >= 0.3 is 0 Å². The lowest BCUT2D eigenvalue weighted by Gasteiger charge is -2.12. The van der Waals surface area contributed by atoms with Crippen molar-refractivity contribution in [3.05, 3.63) is 52.6 Å². The number of pyridine rings is 2. The molecule has 0 bridgehead atoms. The van der Waals surface area contributed by atoms with E-state index in [-0.39, 0.29) is 12.4 Å². The zero-order valence-corrected chi connectivity index (χ0v) is 11.7. The average molecular weight is 273 g/mol. The highest BCUT2D eigenvalue weighted by atomic mass is 16.3. The molecule has 106 valence electrons. The van der Waals surface area contributed by atoms with E-state index in [1.165, 1.54) is 0 Å². The molecule has 0 fully saturated rings. The van der Waals surface area contributed by atoms with Crippen LogP contribution in [-0.4, -0.2) is 20.2 Å². The number of hydrogen-bond acceptors (Lipinski definition) is 5. The van der Waals surface area contributed by atoms with Crippen LogP contribution in [0.25, 0.3) is 0 Å². The van der Waals surface area contributed by atoms with E-state index in [1.807, 2.05) is 19.1 Å². The Labute approximate surface area is 118 Å². The van der Waals surface area contributed by atoms with Gasteiger partial charge in [0.2, 0.25) is 0 Å². The Balaban J connectivity index is 2.08. The Kier molecular flexibility index (Phi) is 4.65. The lowest BCUT2D eigenvalue weighted by Crippen LogP contribution is -2.16. The van der Waals surface area contributed by atoms with E-state index in [9.17, 15) is 10.2 Å². The van der Waals surface area contributed by atoms with Gasteiger partial charge in [-0.3, -0.25) is 9.97 Å². The lowest BCUT2D eigenvalue weighted by molar-refractivity contribution is 0.278. The second kappa shape index (κ2) is 6.45. The molecular formula is C15H19N3O2. The molecule has 0 spiro atoms. The fourth-order valence-electron chi connectivity index (χ4n) is 2.03. The molecule has 5 heteroatoms. The Bertz CT molecular complexity index is 600. The summed E-state index contributed by atoms with van der Waals surface area (Å²) in [6.07, 6.45) is 3.36. The third kappa shape index (κ3) is 3.12. The zero-order valence-electron chi connectivity index (χ0n) is 11.7. The first-order valence-corrected chi connectivity index (χ1v) is 6.52. The summed E-state index contributed by atoms with van der Waals surface area (Å²) in [6, 6.07) is 3.91. The molecule has 0 aliphatic rings. The van der Waals surface area contributed by atoms with Gasteiger partial charge in [-0.05, 0) is 25.5 Å². The second-order valence-electron chi connectivity index (χ2n) is 4.72. The molecule has 2 rings (SSSR count). The maximum atomic E-state index is 10.0. The Morgan fingerprint density at radius 1 is 1.20 bits per heavy atom. The molecule has 0 saturated heterocycles. The molecule has 0 saturated carbocycles. The Morgan fingerprint density at radius 2 is 2.00 bits per heavy atom. The maximum absolute atomic E-state index is 10.0. The standard InChI is InChI=1S/C15H19N3O2/c1-10-4-3-5-17-14(10)8-16-7-13-12(9-19)6-18-11(2)15(13)20/h3-6,16,19-20H,7-9H2,1-2H3. The van der Waals surface area contributed by atoms with E-state index < -0.39 is 0 Å². The van der Waals surface area contributed by atoms with Gasteiger partial charge in [-0.1, -0.05) is 6.07 Å². The molecule has 0 radical (unpaired) electrons. The molecule has 0 aliphatic heterocycles. The fraction of sp³-hybridized carbons (Fsp3) is 0.333. The smallest absolute Gasteiger partial charge is 0.141 e. The van der Waals surface area contributed by atoms with Crippen molar-refractivity contribution in [2.45, 2.75) is 33.5 Å². The molecular weight excluding hydrogens is 254 g/mol. The molecule has 20 heavy (non-hydrogen) atoms. The largest absolute Gasteiger partial charge is 0.506 e. The predicted octanol–water partition coefficient (Wildman–Crippen LogP) is 1.58. The first kappa shape index (κ1) is 14.4. The van der Waals surface area contributed by atoms with Gasteiger partial charge in [-0.15, -0.1) is 0 Å². The van der Waals surface area contributed by atoms with E-state index in [1.54, 1.807) is 19.3 Å². The lowest BCUT2D eigenvalue weighted by atomic mass is 10.1. The van der Waals surface area contributed by atoms with Crippen LogP contribution in [0.4, 0.5) is 0 Å². The molecule has 5 nitrogen and oxygen atoms in total. The first-order valence-electron chi connectivity index (χ1n) is 6.52. The van der Waals surface area contributed by atoms with Crippen molar-refractivity contribution in [3.8, 4) is 5.75 Å². The number of hydrogen-bond donors (Lipinski definition) is 3. The molecule has 3 N–H and O–H groups in total. The van der Waals surface area contributed by atoms with Crippen molar-refractivity contribution in [1.82, 2.24) is 15.3 Å². The maximum Gasteiger partial charge on any atom is 0.141 e. The summed E-state index contributed by atoms with van der Waals surface area (Å²) in [6.45, 7) is 4.68. The van der Waals surface area contributed by atoms with Crippen LogP contribution in [0.5, 0.6) is 5.75 Å². The summed E-state index contributed by atoms with van der Waals surface area (Å²) in [5, 5.41) is 22.6. The van der Waals surface area contributed by atoms with Crippen molar-refractivity contribution < 1.29 is 10.2 Å². The number of aromatic nitrogens is 2. The number of rotatable bonds is 5. The molecule has 0 aliphatic carbocycles. The minimum absolute atomic E-state index is 0.138. The third-order valence-corrected chi connectivity index (χ3v) is 3.31. The van der Waals surface area contributed by atoms with Crippen LogP contribution in [0.15, 0.2) is 24.5 Å². The summed E-state index contributed by atoms with van der Waals surface area (Å²) >= 11 is 0. The van der Waals surface area contributed by atoms with Gasteiger partial charge in [0.1, 0.15) is 5.75 Å². The summed E-state index contributed by atoms with van der Waals surface area (Å²) in [7, 11) is 0. The molecule has 0 unspecified atom stereocenters. The zero-order chi connectivity index (χ0) is 14.5. The van der Waals surface area contributed by atoms with Crippen LogP contribution in [-0.2, 0) is 19.7 Å². The van der Waals surface area contributed by atoms with Crippen LogP contribution in [0.1, 0.15) is 28.1 Å². The van der Waals surface area contributed by atoms with Crippen molar-refractivity contribution in [2.75, 3.05) is 0 Å². The van der Waals surface area contributed by atoms with Gasteiger partial charge in [-0.25, -0.2) is 0 Å². The van der Waals surface area contributed by atoms with Crippen molar-refractivity contribution in [1.29, 1.82) is 0 Å². The average Bonchev–Trinajstić information content (AvgIpc) is 2.45. The van der Waals surface area contributed by atoms with E-state index in [0.717, 1.165) is 11.3 Å². The summed E-state index contributed by atoms with van der Waals surface area (Å²) in [5.74, 6) is 0.141. The number of aliphatic hydroxyl groups is 1. The first-order chi connectivity index (χ1) is 9.63. The molecule has 0 aromatic carbocycles. The van der Waals surface area contributed by atoms with Gasteiger partial charge in [0.05, 0.1) is 18.0 Å². The molecule has 2 heterocycles. The van der Waals surface area contributed by atoms with Gasteiger partial charge in [-0.2, -0.15) is 0 Å². The van der Waals surface area contributed by atoms with Crippen LogP contribution < -0.4 is 5.32 Å². The highest BCUT2D eigenvalue weighted by Gasteiger charge is 2.11. The Hall–Kier alpha value is -1.98. The topological polar surface area (TPSA) is 78.3 Å². The van der Waals surface area contributed by atoms with Gasteiger partial charge in [0.15, 0.2) is 0 Å². The number of aromatic hydroxyl groups is 1. The van der Waals surface area contributed by atoms with E-state index >= 15 is 0 Å². The van der Waals surface area contributed by atoms with E-state index in [4.69, 9.17) is 0 Å². The van der Waals surface area contributed by atoms with Crippen molar-refractivity contribution >= 4 is 0 Å². The predicted molar refractivity (Wildman–Crippen MR) is 76.1 cm³/mol. The highest BCUT2D eigenvalue weighted by molar-refractivity contribution is 5.40. The normalized spacial score (nSPS) is 10.8. The van der Waals surface area contributed by atoms with Gasteiger partial charge in [0, 0.05) is 36.6 Å². The van der Waals surface area contributed by atoms with Crippen LogP contribution in [0.2, 0.25) is 0 Å². The minimum atomic E-state index is -0.138. The summed E-state index contributed by atoms with van der Waals surface area (Å²) < 4.78 is 0. The van der Waals surface area contributed by atoms with Crippen LogP contribution >= 0.6 is 0 Å². The van der Waals surface area contributed by atoms with Crippen LogP contribution in [0, 0.1) is 13.8 Å².